The molecule has 0 spiro atoms. The number of aromatic nitrogens is 6. The highest BCUT2D eigenvalue weighted by Gasteiger charge is 2.12. The molecule has 9 aromatic rings. The fourth-order valence-electron chi connectivity index (χ4n) is 8.82. The van der Waals surface area contributed by atoms with Gasteiger partial charge in [0.1, 0.15) is 34.7 Å². The van der Waals surface area contributed by atoms with E-state index < -0.39 is 0 Å². The van der Waals surface area contributed by atoms with Crippen LogP contribution >= 0.6 is 47.8 Å². The van der Waals surface area contributed by atoms with E-state index in [0.29, 0.717) is 0 Å². The number of aryl methyl sites for hydroxylation is 3. The molecule has 3 aromatic heterocycles. The number of methoxy groups -OCH3 is 5. The first kappa shape index (κ1) is 71.2. The van der Waals surface area contributed by atoms with Crippen LogP contribution in [0, 0.1) is 0 Å². The average molecular weight is 1380 g/mol. The number of halogens is 3. The molecule has 7 N–H and O–H groups in total. The van der Waals surface area contributed by atoms with Crippen LogP contribution in [0.1, 0.15) is 70.3 Å². The van der Waals surface area contributed by atoms with Gasteiger partial charge >= 0.3 is 0 Å². The Balaban J connectivity index is 0.000000221. The van der Waals surface area contributed by atoms with Gasteiger partial charge in [-0.25, -0.2) is 29.9 Å². The molecule has 0 aliphatic heterocycles. The molecule has 0 unspecified atom stereocenters. The van der Waals surface area contributed by atoms with Crippen LogP contribution in [0.3, 0.4) is 0 Å². The van der Waals surface area contributed by atoms with Crippen LogP contribution in [0.4, 0.5) is 17.1 Å². The van der Waals surface area contributed by atoms with Crippen LogP contribution in [-0.4, -0.2) is 127 Å². The van der Waals surface area contributed by atoms with Crippen molar-refractivity contribution in [1.82, 2.24) is 35.2 Å². The molecule has 466 valence electrons. The van der Waals surface area contributed by atoms with E-state index in [1.54, 1.807) is 41.7 Å². The number of alkyl halides is 3. The standard InChI is InChI=1S/C24H32N4O2.C20H22BrN3O.C17H17N3O.C4H11NO.C3H6Br2/c1-4-24-27-13-9-22(28-24)19-15-18-7-8-20(30-3)17-21(18)23(16-19)26-12-5-10-25-11-6-14-29-2;1-3-20-23-10-7-18(24-20)15-11-14-5-6-16(25-2)13-17(14)19(12-15)22-9-4-8-21;1-3-17-19-7-6-16(20-17)12-8-11-4-5-13(21-2)10-14(11)15(18)9-12;1-6-4-2-3-5;4-2-1-3-5/h7-9,13,15-17,25-26H,4-6,10-12,14H2,1-3H3;5-7,10-13,22H,3-4,8-9H2,1-2H3;4-10H,3,18H2,1-2H3;2-5H2,1H3;1-3H2. The summed E-state index contributed by atoms with van der Waals surface area (Å²) in [5.41, 5.74) is 20.2. The minimum Gasteiger partial charge on any atom is -0.497 e. The number of anilines is 3. The van der Waals surface area contributed by atoms with Crippen molar-refractivity contribution in [2.75, 3.05) is 114 Å². The number of fused-ring (bicyclic) bond motifs is 3. The molecule has 3 heterocycles. The second-order valence-corrected chi connectivity index (χ2v) is 22.1. The number of nitrogens with one attached hydrogen (secondary N) is 3. The summed E-state index contributed by atoms with van der Waals surface area (Å²) in [6, 6.07) is 36.8. The molecular formula is C68H88Br3N11O5. The summed E-state index contributed by atoms with van der Waals surface area (Å²) in [6.07, 6.45) is 13.2. The molecule has 0 saturated carbocycles. The molecule has 0 aliphatic rings. The van der Waals surface area contributed by atoms with Gasteiger partial charge in [-0.1, -0.05) is 86.8 Å². The molecule has 9 rings (SSSR count). The van der Waals surface area contributed by atoms with Gasteiger partial charge in [-0.15, -0.1) is 0 Å². The van der Waals surface area contributed by atoms with Crippen LogP contribution in [-0.2, 0) is 28.7 Å². The second-order valence-electron chi connectivity index (χ2n) is 19.7. The van der Waals surface area contributed by atoms with Gasteiger partial charge in [0, 0.05) is 144 Å². The van der Waals surface area contributed by atoms with Gasteiger partial charge in [0.15, 0.2) is 0 Å². The third-order valence-corrected chi connectivity index (χ3v) is 15.1. The van der Waals surface area contributed by atoms with Gasteiger partial charge < -0.3 is 51.1 Å². The molecule has 0 radical (unpaired) electrons. The Morgan fingerprint density at radius 3 is 1.20 bits per heavy atom. The number of nitrogens with zero attached hydrogens (tertiary/aromatic N) is 6. The van der Waals surface area contributed by atoms with E-state index in [4.69, 9.17) is 40.1 Å². The van der Waals surface area contributed by atoms with Crippen molar-refractivity contribution in [3.8, 4) is 51.0 Å². The maximum Gasteiger partial charge on any atom is 0.128 e. The molecule has 0 atom stereocenters. The van der Waals surface area contributed by atoms with Crippen LogP contribution in [0.15, 0.2) is 128 Å². The SMILES string of the molecule is BrCCCBr.CCc1nccc(-c2cc(N)c3cc(OC)ccc3c2)n1.CCc1nccc(-c2cc(NCCCBr)c3cc(OC)ccc3c2)n1.CCc1nccc(-c2cc(NCCCNCCCOC)c3cc(OC)ccc3c2)n1.COCCCN. The Bertz CT molecular complexity index is 3450. The van der Waals surface area contributed by atoms with Gasteiger partial charge in [0.25, 0.3) is 0 Å². The third-order valence-electron chi connectivity index (χ3n) is 13.5. The molecular weight excluding hydrogens is 1290 g/mol. The van der Waals surface area contributed by atoms with Crippen molar-refractivity contribution < 1.29 is 23.7 Å². The van der Waals surface area contributed by atoms with Crippen LogP contribution in [0.25, 0.3) is 66.1 Å². The van der Waals surface area contributed by atoms with E-state index >= 15 is 0 Å². The number of hydrogen-bond donors (Lipinski definition) is 5. The lowest BCUT2D eigenvalue weighted by atomic mass is 10.0. The predicted octanol–water partition coefficient (Wildman–Crippen LogP) is 15.0. The summed E-state index contributed by atoms with van der Waals surface area (Å²) in [6.45, 7) is 12.3. The van der Waals surface area contributed by atoms with Crippen molar-refractivity contribution in [3.05, 3.63) is 145 Å². The molecule has 0 amide bonds. The summed E-state index contributed by atoms with van der Waals surface area (Å²) >= 11 is 10.0. The average Bonchev–Trinajstić information content (AvgIpc) is 2.05. The fourth-order valence-corrected chi connectivity index (χ4v) is 10.4. The van der Waals surface area contributed by atoms with Crippen LogP contribution in [0.2, 0.25) is 0 Å². The van der Waals surface area contributed by atoms with Crippen molar-refractivity contribution in [2.24, 2.45) is 5.73 Å². The summed E-state index contributed by atoms with van der Waals surface area (Å²) in [5, 5.41) is 20.5. The highest BCUT2D eigenvalue weighted by Crippen LogP contribution is 2.35. The first-order valence-corrected chi connectivity index (χ1v) is 33.0. The summed E-state index contributed by atoms with van der Waals surface area (Å²) in [7, 11) is 8.46. The first-order chi connectivity index (χ1) is 42.5. The van der Waals surface area contributed by atoms with Crippen LogP contribution < -0.4 is 41.6 Å². The van der Waals surface area contributed by atoms with Crippen molar-refractivity contribution >= 4 is 97.2 Å². The molecule has 16 nitrogen and oxygen atoms in total. The molecule has 19 heteroatoms. The normalized spacial score (nSPS) is 10.6. The molecule has 6 aromatic carbocycles. The van der Waals surface area contributed by atoms with Gasteiger partial charge in [-0.3, -0.25) is 0 Å². The first-order valence-electron chi connectivity index (χ1n) is 29.7. The van der Waals surface area contributed by atoms with E-state index in [2.05, 4.69) is 157 Å². The number of nitrogens with two attached hydrogens (primary N) is 2. The van der Waals surface area contributed by atoms with Crippen LogP contribution in [0.5, 0.6) is 17.2 Å². The van der Waals surface area contributed by atoms with E-state index in [1.807, 2.05) is 73.9 Å². The Morgan fingerprint density at radius 1 is 0.425 bits per heavy atom. The number of benzene rings is 6. The minimum absolute atomic E-state index is 0.720. The van der Waals surface area contributed by atoms with Crippen molar-refractivity contribution in [1.29, 1.82) is 0 Å². The van der Waals surface area contributed by atoms with E-state index in [1.165, 1.54) is 6.42 Å². The highest BCUT2D eigenvalue weighted by atomic mass is 79.9. The zero-order valence-electron chi connectivity index (χ0n) is 51.9. The maximum atomic E-state index is 6.19. The summed E-state index contributed by atoms with van der Waals surface area (Å²) in [5.74, 6) is 5.07. The lowest BCUT2D eigenvalue weighted by Crippen LogP contribution is -2.20. The Hall–Kier alpha value is -6.58. The molecule has 0 aliphatic carbocycles. The van der Waals surface area contributed by atoms with Gasteiger partial charge in [-0.05, 0) is 159 Å². The van der Waals surface area contributed by atoms with E-state index in [9.17, 15) is 0 Å². The molecule has 0 saturated heterocycles. The number of rotatable bonds is 27. The maximum absolute atomic E-state index is 6.19. The minimum atomic E-state index is 0.720. The Morgan fingerprint density at radius 2 is 0.816 bits per heavy atom. The monoisotopic (exact) mass is 1380 g/mol. The van der Waals surface area contributed by atoms with Gasteiger partial charge in [0.2, 0.25) is 0 Å². The fraction of sp³-hybridized carbons (Fsp3) is 0.382. The second kappa shape index (κ2) is 40.8. The smallest absolute Gasteiger partial charge is 0.128 e. The molecule has 0 fully saturated rings. The Kier molecular flexibility index (Phi) is 33.4. The topological polar surface area (TPSA) is 212 Å². The zero-order chi connectivity index (χ0) is 62.6. The molecule has 0 bridgehead atoms. The third kappa shape index (κ3) is 23.5. The largest absolute Gasteiger partial charge is 0.497 e. The Labute approximate surface area is 540 Å². The number of hydrogen-bond acceptors (Lipinski definition) is 16. The lowest BCUT2D eigenvalue weighted by molar-refractivity contribution is 0.194. The van der Waals surface area contributed by atoms with E-state index in [0.717, 1.165) is 225 Å². The van der Waals surface area contributed by atoms with Gasteiger partial charge in [0.05, 0.1) is 38.4 Å². The van der Waals surface area contributed by atoms with Gasteiger partial charge in [-0.2, -0.15) is 0 Å². The number of ether oxygens (including phenoxy) is 5. The summed E-state index contributed by atoms with van der Waals surface area (Å²) in [4.78, 5) is 26.8. The van der Waals surface area contributed by atoms with E-state index in [-0.39, 0.29) is 0 Å². The lowest BCUT2D eigenvalue weighted by Gasteiger charge is -2.14. The van der Waals surface area contributed by atoms with Crippen molar-refractivity contribution in [2.45, 2.75) is 72.1 Å². The van der Waals surface area contributed by atoms with Crippen molar-refractivity contribution in [3.63, 3.8) is 0 Å². The number of nitrogen functional groups attached to an aromatic ring is 1. The molecule has 87 heavy (non-hydrogen) atoms. The quantitative estimate of drug-likeness (QED) is 0.0184. The summed E-state index contributed by atoms with van der Waals surface area (Å²) < 4.78 is 25.9. The zero-order valence-corrected chi connectivity index (χ0v) is 56.6. The highest BCUT2D eigenvalue weighted by molar-refractivity contribution is 9.09. The predicted molar refractivity (Wildman–Crippen MR) is 374 cm³/mol.